The second-order valence-electron chi connectivity index (χ2n) is 6.43. The molecule has 4 nitrogen and oxygen atoms in total. The number of benzene rings is 1. The number of nitrogens with one attached hydrogen (secondary N) is 1. The van der Waals surface area contributed by atoms with Crippen molar-refractivity contribution >= 4 is 11.9 Å². The largest absolute Gasteiger partial charge is 0.481 e. The molecule has 1 aromatic rings. The van der Waals surface area contributed by atoms with E-state index in [4.69, 9.17) is 0 Å². The number of carbonyl (C=O) groups excluding carboxylic acids is 1. The lowest BCUT2D eigenvalue weighted by Gasteiger charge is -2.27. The standard InChI is InChI=1S/C17H21NO3/c1-10-2-4-11(5-3-10)9-18-16(19)14-12-6-7-13(8-12)15(14)17(20)21/h2-5,12-15H,6-9H2,1H3,(H,18,19)(H,20,21)/t12-,13-,14+,15-/m0/s1. The van der Waals surface area contributed by atoms with Crippen LogP contribution in [0.4, 0.5) is 0 Å². The zero-order valence-electron chi connectivity index (χ0n) is 12.2. The number of carbonyl (C=O) groups is 2. The van der Waals surface area contributed by atoms with Gasteiger partial charge in [0.1, 0.15) is 0 Å². The molecule has 0 aliphatic heterocycles. The van der Waals surface area contributed by atoms with Crippen LogP contribution in [-0.4, -0.2) is 17.0 Å². The maximum Gasteiger partial charge on any atom is 0.307 e. The molecule has 4 heteroatoms. The van der Waals surface area contributed by atoms with Crippen molar-refractivity contribution in [1.82, 2.24) is 5.32 Å². The molecular weight excluding hydrogens is 266 g/mol. The lowest BCUT2D eigenvalue weighted by molar-refractivity contribution is -0.149. The fraction of sp³-hybridized carbons (Fsp3) is 0.529. The molecular formula is C17H21NO3. The van der Waals surface area contributed by atoms with E-state index in [-0.39, 0.29) is 23.7 Å². The third kappa shape index (κ3) is 2.67. The van der Waals surface area contributed by atoms with E-state index >= 15 is 0 Å². The molecule has 112 valence electrons. The predicted octanol–water partition coefficient (Wildman–Crippen LogP) is 2.36. The average molecular weight is 287 g/mol. The Balaban J connectivity index is 1.64. The molecule has 0 aromatic heterocycles. The van der Waals surface area contributed by atoms with Crippen LogP contribution in [0.15, 0.2) is 24.3 Å². The lowest BCUT2D eigenvalue weighted by Crippen LogP contribution is -2.41. The van der Waals surface area contributed by atoms with Crippen LogP contribution in [0.3, 0.4) is 0 Å². The number of fused-ring (bicyclic) bond motifs is 2. The summed E-state index contributed by atoms with van der Waals surface area (Å²) in [5.41, 5.74) is 2.23. The highest BCUT2D eigenvalue weighted by Gasteiger charge is 2.53. The first kappa shape index (κ1) is 14.1. The molecule has 2 N–H and O–H groups in total. The van der Waals surface area contributed by atoms with Crippen LogP contribution in [-0.2, 0) is 16.1 Å². The van der Waals surface area contributed by atoms with E-state index in [1.165, 1.54) is 5.56 Å². The highest BCUT2D eigenvalue weighted by molar-refractivity contribution is 5.86. The van der Waals surface area contributed by atoms with E-state index in [1.807, 2.05) is 31.2 Å². The summed E-state index contributed by atoms with van der Waals surface area (Å²) in [7, 11) is 0. The van der Waals surface area contributed by atoms with Gasteiger partial charge in [-0.25, -0.2) is 0 Å². The quantitative estimate of drug-likeness (QED) is 0.893. The molecule has 2 fully saturated rings. The molecule has 0 radical (unpaired) electrons. The Labute approximate surface area is 124 Å². The maximum absolute atomic E-state index is 12.4. The van der Waals surface area contributed by atoms with E-state index in [0.717, 1.165) is 24.8 Å². The van der Waals surface area contributed by atoms with Crippen molar-refractivity contribution < 1.29 is 14.7 Å². The summed E-state index contributed by atoms with van der Waals surface area (Å²) in [5, 5.41) is 12.3. The molecule has 0 spiro atoms. The van der Waals surface area contributed by atoms with Gasteiger partial charge in [-0.15, -0.1) is 0 Å². The number of aryl methyl sites for hydroxylation is 1. The summed E-state index contributed by atoms with van der Waals surface area (Å²) in [4.78, 5) is 23.9. The Bertz CT molecular complexity index is 552. The van der Waals surface area contributed by atoms with Crippen molar-refractivity contribution in [2.45, 2.75) is 32.7 Å². The third-order valence-corrected chi connectivity index (χ3v) is 5.09. The molecule has 1 aromatic carbocycles. The van der Waals surface area contributed by atoms with Gasteiger partial charge in [-0.3, -0.25) is 9.59 Å². The van der Waals surface area contributed by atoms with Gasteiger partial charge in [-0.05, 0) is 43.6 Å². The normalized spacial score (nSPS) is 30.3. The highest BCUT2D eigenvalue weighted by Crippen LogP contribution is 2.52. The molecule has 21 heavy (non-hydrogen) atoms. The smallest absolute Gasteiger partial charge is 0.307 e. The van der Waals surface area contributed by atoms with Crippen molar-refractivity contribution in [3.63, 3.8) is 0 Å². The van der Waals surface area contributed by atoms with Gasteiger partial charge in [0.15, 0.2) is 0 Å². The Morgan fingerprint density at radius 1 is 1.14 bits per heavy atom. The van der Waals surface area contributed by atoms with Crippen LogP contribution in [0.25, 0.3) is 0 Å². The van der Waals surface area contributed by atoms with Crippen molar-refractivity contribution in [3.8, 4) is 0 Å². The lowest BCUT2D eigenvalue weighted by atomic mass is 9.78. The minimum atomic E-state index is -0.808. The summed E-state index contributed by atoms with van der Waals surface area (Å²) in [5.74, 6) is -1.27. The Morgan fingerprint density at radius 2 is 1.76 bits per heavy atom. The zero-order chi connectivity index (χ0) is 15.0. The van der Waals surface area contributed by atoms with Gasteiger partial charge in [0.05, 0.1) is 11.8 Å². The number of amides is 1. The second kappa shape index (κ2) is 5.51. The van der Waals surface area contributed by atoms with E-state index in [0.29, 0.717) is 6.54 Å². The number of carboxylic acids is 1. The fourth-order valence-corrected chi connectivity index (χ4v) is 4.04. The number of rotatable bonds is 4. The summed E-state index contributed by atoms with van der Waals surface area (Å²) in [6.07, 6.45) is 2.86. The van der Waals surface area contributed by atoms with Gasteiger partial charge in [0, 0.05) is 6.54 Å². The van der Waals surface area contributed by atoms with Crippen LogP contribution < -0.4 is 5.32 Å². The number of hydrogen-bond acceptors (Lipinski definition) is 2. The maximum atomic E-state index is 12.4. The van der Waals surface area contributed by atoms with Crippen molar-refractivity contribution in [2.24, 2.45) is 23.7 Å². The zero-order valence-corrected chi connectivity index (χ0v) is 12.2. The first-order valence-electron chi connectivity index (χ1n) is 7.62. The number of carboxylic acid groups (broad SMARTS) is 1. The topological polar surface area (TPSA) is 66.4 Å². The van der Waals surface area contributed by atoms with Gasteiger partial charge in [-0.2, -0.15) is 0 Å². The van der Waals surface area contributed by atoms with Gasteiger partial charge in [0.2, 0.25) is 5.91 Å². The minimum absolute atomic E-state index is 0.0878. The first-order valence-corrected chi connectivity index (χ1v) is 7.62. The van der Waals surface area contributed by atoms with Crippen molar-refractivity contribution in [3.05, 3.63) is 35.4 Å². The summed E-state index contributed by atoms with van der Waals surface area (Å²) in [6, 6.07) is 8.01. The molecule has 2 saturated carbocycles. The molecule has 2 aliphatic carbocycles. The van der Waals surface area contributed by atoms with E-state index in [9.17, 15) is 14.7 Å². The molecule has 2 bridgehead atoms. The molecule has 0 saturated heterocycles. The summed E-state index contributed by atoms with van der Waals surface area (Å²) in [6.45, 7) is 2.49. The SMILES string of the molecule is Cc1ccc(CNC(=O)[C@@H]2[C@H]3CC[C@@H](C3)[C@@H]2C(=O)O)cc1. The monoisotopic (exact) mass is 287 g/mol. The molecule has 1 amide bonds. The van der Waals surface area contributed by atoms with E-state index < -0.39 is 11.9 Å². The molecule has 0 unspecified atom stereocenters. The number of aliphatic carboxylic acids is 1. The fourth-order valence-electron chi connectivity index (χ4n) is 4.04. The van der Waals surface area contributed by atoms with Crippen LogP contribution in [0, 0.1) is 30.6 Å². The Kier molecular flexibility index (Phi) is 3.70. The van der Waals surface area contributed by atoms with Gasteiger partial charge >= 0.3 is 5.97 Å². The van der Waals surface area contributed by atoms with E-state index in [1.54, 1.807) is 0 Å². The third-order valence-electron chi connectivity index (χ3n) is 5.09. The summed E-state index contributed by atoms with van der Waals surface area (Å²) < 4.78 is 0. The first-order chi connectivity index (χ1) is 10.1. The van der Waals surface area contributed by atoms with Crippen molar-refractivity contribution in [1.29, 1.82) is 0 Å². The van der Waals surface area contributed by atoms with Crippen LogP contribution in [0.2, 0.25) is 0 Å². The van der Waals surface area contributed by atoms with Gasteiger partial charge < -0.3 is 10.4 Å². The molecule has 2 aliphatic rings. The molecule has 3 rings (SSSR count). The predicted molar refractivity (Wildman–Crippen MR) is 78.5 cm³/mol. The van der Waals surface area contributed by atoms with Crippen LogP contribution >= 0.6 is 0 Å². The second-order valence-corrected chi connectivity index (χ2v) is 6.43. The minimum Gasteiger partial charge on any atom is -0.481 e. The highest BCUT2D eigenvalue weighted by atomic mass is 16.4. The summed E-state index contributed by atoms with van der Waals surface area (Å²) >= 11 is 0. The number of hydrogen-bond donors (Lipinski definition) is 2. The van der Waals surface area contributed by atoms with Gasteiger partial charge in [-0.1, -0.05) is 29.8 Å². The van der Waals surface area contributed by atoms with Crippen LogP contribution in [0.5, 0.6) is 0 Å². The van der Waals surface area contributed by atoms with E-state index in [2.05, 4.69) is 5.32 Å². The van der Waals surface area contributed by atoms with Gasteiger partial charge in [0.25, 0.3) is 0 Å². The Hall–Kier alpha value is -1.84. The average Bonchev–Trinajstić information content (AvgIpc) is 3.06. The Morgan fingerprint density at radius 3 is 2.38 bits per heavy atom. The van der Waals surface area contributed by atoms with Crippen molar-refractivity contribution in [2.75, 3.05) is 0 Å². The van der Waals surface area contributed by atoms with Crippen LogP contribution in [0.1, 0.15) is 30.4 Å². The molecule has 4 atom stereocenters. The molecule has 0 heterocycles.